The number of thioether (sulfide) groups is 1. The third kappa shape index (κ3) is 4.27. The molecule has 9 heteroatoms. The molecule has 1 aromatic carbocycles. The van der Waals surface area contributed by atoms with Gasteiger partial charge >= 0.3 is 0 Å². The van der Waals surface area contributed by atoms with Gasteiger partial charge in [-0.25, -0.2) is 13.4 Å². The number of H-pyrrole nitrogens is 1. The van der Waals surface area contributed by atoms with Gasteiger partial charge in [0.05, 0.1) is 16.8 Å². The number of carbonyl (C=O) groups is 1. The number of sulfone groups is 1. The third-order valence-corrected chi connectivity index (χ3v) is 7.22. The summed E-state index contributed by atoms with van der Waals surface area (Å²) in [6.07, 6.45) is 0.500. The zero-order valence-electron chi connectivity index (χ0n) is 15.0. The number of rotatable bonds is 5. The largest absolute Gasteiger partial charge is 0.341 e. The minimum Gasteiger partial charge on any atom is -0.341 e. The second-order valence-electron chi connectivity index (χ2n) is 6.60. The molecule has 0 radical (unpaired) electrons. The molecule has 2 heterocycles. The van der Waals surface area contributed by atoms with Crippen molar-refractivity contribution in [2.45, 2.75) is 36.7 Å². The molecule has 1 fully saturated rings. The van der Waals surface area contributed by atoms with Crippen molar-refractivity contribution < 1.29 is 13.2 Å². The second kappa shape index (κ2) is 7.40. The number of nitrogens with zero attached hydrogens (tertiary/aromatic N) is 3. The van der Waals surface area contributed by atoms with Crippen LogP contribution in [-0.2, 0) is 14.6 Å². The lowest BCUT2D eigenvalue weighted by molar-refractivity contribution is -0.130. The molecule has 1 saturated heterocycles. The molecule has 2 atom stereocenters. The van der Waals surface area contributed by atoms with E-state index in [1.165, 1.54) is 17.3 Å². The van der Waals surface area contributed by atoms with Crippen LogP contribution in [0.1, 0.15) is 18.9 Å². The van der Waals surface area contributed by atoms with Gasteiger partial charge in [0.1, 0.15) is 0 Å². The van der Waals surface area contributed by atoms with Crippen LogP contribution in [0.3, 0.4) is 0 Å². The fourth-order valence-electron chi connectivity index (χ4n) is 2.90. The Morgan fingerprint density at radius 1 is 1.35 bits per heavy atom. The van der Waals surface area contributed by atoms with Crippen LogP contribution in [0.4, 0.5) is 0 Å². The normalized spacial score (nSPS) is 20.0. The van der Waals surface area contributed by atoms with Crippen molar-refractivity contribution in [3.8, 4) is 11.4 Å². The fourth-order valence-corrected chi connectivity index (χ4v) is 5.50. The van der Waals surface area contributed by atoms with Crippen LogP contribution in [0, 0.1) is 6.92 Å². The highest BCUT2D eigenvalue weighted by atomic mass is 32.2. The molecular formula is C17H22N4O3S2. The summed E-state index contributed by atoms with van der Waals surface area (Å²) in [6.45, 7) is 3.81. The van der Waals surface area contributed by atoms with E-state index in [4.69, 9.17) is 0 Å². The molecule has 0 saturated carbocycles. The van der Waals surface area contributed by atoms with Crippen molar-refractivity contribution in [2.24, 2.45) is 0 Å². The summed E-state index contributed by atoms with van der Waals surface area (Å²) in [4.78, 5) is 18.6. The van der Waals surface area contributed by atoms with Gasteiger partial charge in [0, 0.05) is 18.7 Å². The fraction of sp³-hybridized carbons (Fsp3) is 0.471. The van der Waals surface area contributed by atoms with Gasteiger partial charge in [-0.15, -0.1) is 5.10 Å². The number of hydrogen-bond acceptors (Lipinski definition) is 6. The van der Waals surface area contributed by atoms with Crippen LogP contribution >= 0.6 is 11.8 Å². The molecule has 2 aromatic rings. The maximum Gasteiger partial charge on any atom is 0.235 e. The maximum atomic E-state index is 12.6. The Bertz CT molecular complexity index is 893. The molecule has 0 bridgehead atoms. The number of aromatic nitrogens is 3. The molecular weight excluding hydrogens is 372 g/mol. The highest BCUT2D eigenvalue weighted by Crippen LogP contribution is 2.25. The average molecular weight is 395 g/mol. The first kappa shape index (κ1) is 18.9. The van der Waals surface area contributed by atoms with Gasteiger partial charge in [0.25, 0.3) is 0 Å². The number of hydrogen-bond donors (Lipinski definition) is 1. The summed E-state index contributed by atoms with van der Waals surface area (Å²) in [5, 5.41) is 7.17. The van der Waals surface area contributed by atoms with Crippen molar-refractivity contribution in [1.29, 1.82) is 0 Å². The molecule has 1 aliphatic rings. The molecule has 0 unspecified atom stereocenters. The van der Waals surface area contributed by atoms with Crippen LogP contribution in [-0.4, -0.2) is 64.3 Å². The van der Waals surface area contributed by atoms with Crippen LogP contribution in [0.5, 0.6) is 0 Å². The minimum absolute atomic E-state index is 0.0465. The summed E-state index contributed by atoms with van der Waals surface area (Å²) >= 11 is 1.26. The summed E-state index contributed by atoms with van der Waals surface area (Å²) in [5.74, 6) is 0.740. The first-order chi connectivity index (χ1) is 12.2. The predicted molar refractivity (Wildman–Crippen MR) is 102 cm³/mol. The Labute approximate surface area is 157 Å². The molecule has 1 aromatic heterocycles. The monoisotopic (exact) mass is 394 g/mol. The van der Waals surface area contributed by atoms with Crippen molar-refractivity contribution >= 4 is 27.5 Å². The zero-order chi connectivity index (χ0) is 18.9. The molecule has 7 nitrogen and oxygen atoms in total. The van der Waals surface area contributed by atoms with E-state index < -0.39 is 15.1 Å². The van der Waals surface area contributed by atoms with Crippen molar-refractivity contribution in [3.63, 3.8) is 0 Å². The molecule has 1 N–H and O–H groups in total. The van der Waals surface area contributed by atoms with E-state index in [-0.39, 0.29) is 23.5 Å². The highest BCUT2D eigenvalue weighted by molar-refractivity contribution is 8.00. The van der Waals surface area contributed by atoms with E-state index in [0.29, 0.717) is 17.4 Å². The standard InChI is InChI=1S/C17H22N4O3S2/c1-11-4-6-13(7-5-11)15-18-17(20-19-15)25-12(2)16(22)21(3)14-8-9-26(23,24)10-14/h4-7,12,14H,8-10H2,1-3H3,(H,18,19,20)/t12-,14-/m1/s1. The van der Waals surface area contributed by atoms with E-state index in [0.717, 1.165) is 5.56 Å². The smallest absolute Gasteiger partial charge is 0.235 e. The Kier molecular flexibility index (Phi) is 5.38. The van der Waals surface area contributed by atoms with E-state index in [9.17, 15) is 13.2 Å². The van der Waals surface area contributed by atoms with Crippen LogP contribution in [0.15, 0.2) is 29.4 Å². The van der Waals surface area contributed by atoms with Crippen LogP contribution in [0.25, 0.3) is 11.4 Å². The van der Waals surface area contributed by atoms with Gasteiger partial charge in [-0.3, -0.25) is 9.89 Å². The second-order valence-corrected chi connectivity index (χ2v) is 10.1. The van der Waals surface area contributed by atoms with Gasteiger partial charge in [-0.1, -0.05) is 41.6 Å². The Morgan fingerprint density at radius 3 is 2.65 bits per heavy atom. The summed E-state index contributed by atoms with van der Waals surface area (Å²) in [7, 11) is -1.35. The van der Waals surface area contributed by atoms with Crippen molar-refractivity contribution in [3.05, 3.63) is 29.8 Å². The van der Waals surface area contributed by atoms with E-state index in [1.807, 2.05) is 31.2 Å². The Morgan fingerprint density at radius 2 is 2.04 bits per heavy atom. The summed E-state index contributed by atoms with van der Waals surface area (Å²) in [6, 6.07) is 7.69. The third-order valence-electron chi connectivity index (χ3n) is 4.52. The van der Waals surface area contributed by atoms with E-state index >= 15 is 0 Å². The SMILES string of the molecule is Cc1ccc(-c2nc(S[C@H](C)C(=O)N(C)[C@@H]3CCS(=O)(=O)C3)n[nH]2)cc1. The lowest BCUT2D eigenvalue weighted by Crippen LogP contribution is -2.41. The van der Waals surface area contributed by atoms with Crippen molar-refractivity contribution in [1.82, 2.24) is 20.1 Å². The molecule has 140 valence electrons. The molecule has 0 aliphatic carbocycles. The van der Waals surface area contributed by atoms with Gasteiger partial charge in [-0.2, -0.15) is 0 Å². The minimum atomic E-state index is -3.02. The van der Waals surface area contributed by atoms with Gasteiger partial charge < -0.3 is 4.90 Å². The lowest BCUT2D eigenvalue weighted by atomic mass is 10.1. The number of aromatic amines is 1. The zero-order valence-corrected chi connectivity index (χ0v) is 16.6. The molecule has 1 aliphatic heterocycles. The van der Waals surface area contributed by atoms with Crippen LogP contribution in [0.2, 0.25) is 0 Å². The Hall–Kier alpha value is -1.87. The van der Waals surface area contributed by atoms with E-state index in [1.54, 1.807) is 18.9 Å². The van der Waals surface area contributed by atoms with Crippen molar-refractivity contribution in [2.75, 3.05) is 18.6 Å². The van der Waals surface area contributed by atoms with Gasteiger partial charge in [-0.05, 0) is 20.3 Å². The highest BCUT2D eigenvalue weighted by Gasteiger charge is 2.34. The van der Waals surface area contributed by atoms with Crippen LogP contribution < -0.4 is 0 Å². The molecule has 0 spiro atoms. The number of nitrogens with one attached hydrogen (secondary N) is 1. The maximum absolute atomic E-state index is 12.6. The molecule has 3 rings (SSSR count). The number of benzene rings is 1. The lowest BCUT2D eigenvalue weighted by Gasteiger charge is -2.25. The van der Waals surface area contributed by atoms with E-state index in [2.05, 4.69) is 15.2 Å². The number of amides is 1. The first-order valence-electron chi connectivity index (χ1n) is 8.38. The summed E-state index contributed by atoms with van der Waals surface area (Å²) < 4.78 is 23.2. The number of carbonyl (C=O) groups excluding carboxylic acids is 1. The summed E-state index contributed by atoms with van der Waals surface area (Å²) in [5.41, 5.74) is 2.10. The first-order valence-corrected chi connectivity index (χ1v) is 11.1. The molecule has 26 heavy (non-hydrogen) atoms. The topological polar surface area (TPSA) is 96.0 Å². The number of aryl methyl sites for hydroxylation is 1. The van der Waals surface area contributed by atoms with Gasteiger partial charge in [0.2, 0.25) is 11.1 Å². The quantitative estimate of drug-likeness (QED) is 0.778. The molecule has 1 amide bonds. The predicted octanol–water partition coefficient (Wildman–Crippen LogP) is 1.91. The average Bonchev–Trinajstić information content (AvgIpc) is 3.20. The van der Waals surface area contributed by atoms with Gasteiger partial charge in [0.15, 0.2) is 15.7 Å². The Balaban J connectivity index is 1.63.